The van der Waals surface area contributed by atoms with Gasteiger partial charge in [0, 0.05) is 23.2 Å². The van der Waals surface area contributed by atoms with Crippen LogP contribution in [0.15, 0.2) is 12.3 Å². The Bertz CT molecular complexity index is 1160. The first-order chi connectivity index (χ1) is 15.5. The first kappa shape index (κ1) is 22.9. The minimum atomic E-state index is -3.43. The van der Waals surface area contributed by atoms with Gasteiger partial charge in [0.25, 0.3) is 0 Å². The maximum Gasteiger partial charge on any atom is 0.242 e. The van der Waals surface area contributed by atoms with Crippen LogP contribution >= 0.6 is 0 Å². The molecule has 5 rings (SSSR count). The average molecular weight is 475 g/mol. The van der Waals surface area contributed by atoms with Gasteiger partial charge in [-0.05, 0) is 68.1 Å². The Kier molecular flexibility index (Phi) is 5.46. The molecule has 1 N–H and O–H groups in total. The van der Waals surface area contributed by atoms with Gasteiger partial charge in [0.2, 0.25) is 16.0 Å². The SMILES string of the molecule is CCCC1(C)CC2(C)CCCC(COc3cc4nnc(NS(C)(=O)=O)n4cc3C3CC3)(C1)C2. The first-order valence-electron chi connectivity index (χ1n) is 12.5. The van der Waals surface area contributed by atoms with E-state index in [0.717, 1.165) is 37.0 Å². The maximum atomic E-state index is 11.7. The third-order valence-electron chi connectivity index (χ3n) is 8.16. The van der Waals surface area contributed by atoms with Crippen molar-refractivity contribution < 1.29 is 13.2 Å². The minimum Gasteiger partial charge on any atom is -0.493 e. The van der Waals surface area contributed by atoms with E-state index in [1.807, 2.05) is 12.3 Å². The molecular weight excluding hydrogens is 436 g/mol. The first-order valence-corrected chi connectivity index (χ1v) is 14.4. The summed E-state index contributed by atoms with van der Waals surface area (Å²) >= 11 is 0. The molecule has 0 aromatic carbocycles. The summed E-state index contributed by atoms with van der Waals surface area (Å²) in [7, 11) is -3.43. The van der Waals surface area contributed by atoms with E-state index >= 15 is 0 Å². The summed E-state index contributed by atoms with van der Waals surface area (Å²) < 4.78 is 34.3. The molecule has 182 valence electrons. The number of fused-ring (bicyclic) bond motifs is 3. The molecule has 3 aliphatic carbocycles. The molecule has 0 amide bonds. The van der Waals surface area contributed by atoms with Gasteiger partial charge < -0.3 is 4.74 Å². The number of aromatic nitrogens is 3. The van der Waals surface area contributed by atoms with Gasteiger partial charge in [-0.25, -0.2) is 8.42 Å². The molecule has 0 saturated heterocycles. The number of hydrogen-bond donors (Lipinski definition) is 1. The Morgan fingerprint density at radius 2 is 1.97 bits per heavy atom. The van der Waals surface area contributed by atoms with E-state index < -0.39 is 10.0 Å². The van der Waals surface area contributed by atoms with Crippen molar-refractivity contribution in [2.75, 3.05) is 17.6 Å². The molecule has 3 atom stereocenters. The summed E-state index contributed by atoms with van der Waals surface area (Å²) in [6, 6.07) is 1.95. The smallest absolute Gasteiger partial charge is 0.242 e. The van der Waals surface area contributed by atoms with Crippen molar-refractivity contribution >= 4 is 21.6 Å². The van der Waals surface area contributed by atoms with Gasteiger partial charge in [-0.2, -0.15) is 0 Å². The van der Waals surface area contributed by atoms with Gasteiger partial charge in [0.15, 0.2) is 5.65 Å². The Morgan fingerprint density at radius 1 is 1.18 bits per heavy atom. The van der Waals surface area contributed by atoms with Crippen molar-refractivity contribution in [3.8, 4) is 5.75 Å². The molecule has 2 aromatic heterocycles. The van der Waals surface area contributed by atoms with Crippen LogP contribution in [0.3, 0.4) is 0 Å². The summed E-state index contributed by atoms with van der Waals surface area (Å²) in [5, 5.41) is 8.26. The molecule has 3 unspecified atom stereocenters. The number of ether oxygens (including phenoxy) is 1. The molecule has 0 aliphatic heterocycles. The van der Waals surface area contributed by atoms with Gasteiger partial charge in [-0.15, -0.1) is 10.2 Å². The monoisotopic (exact) mass is 474 g/mol. The van der Waals surface area contributed by atoms with Gasteiger partial charge in [-0.1, -0.05) is 33.6 Å². The van der Waals surface area contributed by atoms with E-state index in [0.29, 0.717) is 22.4 Å². The lowest BCUT2D eigenvalue weighted by Crippen LogP contribution is -2.49. The number of anilines is 1. The molecule has 7 nitrogen and oxygen atoms in total. The third-order valence-corrected chi connectivity index (χ3v) is 8.71. The van der Waals surface area contributed by atoms with Crippen LogP contribution < -0.4 is 9.46 Å². The average Bonchev–Trinajstić information content (AvgIpc) is 3.46. The lowest BCUT2D eigenvalue weighted by atomic mass is 9.48. The fraction of sp³-hybridized carbons (Fsp3) is 0.760. The second kappa shape index (κ2) is 7.85. The number of rotatable bonds is 8. The number of nitrogens with zero attached hydrogens (tertiary/aromatic N) is 3. The van der Waals surface area contributed by atoms with Crippen molar-refractivity contribution in [2.24, 2.45) is 16.2 Å². The molecule has 3 fully saturated rings. The quantitative estimate of drug-likeness (QED) is 0.544. The molecule has 0 spiro atoms. The van der Waals surface area contributed by atoms with E-state index in [9.17, 15) is 8.42 Å². The molecule has 0 radical (unpaired) electrons. The van der Waals surface area contributed by atoms with Gasteiger partial charge in [0.1, 0.15) is 5.75 Å². The van der Waals surface area contributed by atoms with E-state index in [1.165, 1.54) is 51.4 Å². The minimum absolute atomic E-state index is 0.227. The van der Waals surface area contributed by atoms with Gasteiger partial charge in [-0.3, -0.25) is 9.12 Å². The molecule has 3 saturated carbocycles. The fourth-order valence-electron chi connectivity index (χ4n) is 7.45. The summed E-state index contributed by atoms with van der Waals surface area (Å²) in [5.41, 5.74) is 2.80. The Labute approximate surface area is 197 Å². The number of pyridine rings is 1. The van der Waals surface area contributed by atoms with Crippen LogP contribution in [-0.2, 0) is 10.0 Å². The van der Waals surface area contributed by atoms with Crippen LogP contribution in [0.1, 0.15) is 96.5 Å². The normalized spacial score (nSPS) is 32.1. The van der Waals surface area contributed by atoms with Crippen LogP contribution in [0, 0.1) is 16.2 Å². The van der Waals surface area contributed by atoms with E-state index in [4.69, 9.17) is 4.74 Å². The highest BCUT2D eigenvalue weighted by molar-refractivity contribution is 7.92. The van der Waals surface area contributed by atoms with Crippen LogP contribution in [0.5, 0.6) is 5.75 Å². The highest BCUT2D eigenvalue weighted by Crippen LogP contribution is 2.62. The molecule has 33 heavy (non-hydrogen) atoms. The molecule has 2 heterocycles. The third kappa shape index (κ3) is 4.73. The Balaban J connectivity index is 1.43. The fourth-order valence-corrected chi connectivity index (χ4v) is 7.92. The van der Waals surface area contributed by atoms with Crippen molar-refractivity contribution in [2.45, 2.75) is 90.9 Å². The van der Waals surface area contributed by atoms with Crippen LogP contribution in [-0.4, -0.2) is 35.9 Å². The second-order valence-corrected chi connectivity index (χ2v) is 13.8. The van der Waals surface area contributed by atoms with E-state index in [2.05, 4.69) is 35.7 Å². The Hall–Kier alpha value is -1.83. The van der Waals surface area contributed by atoms with Crippen LogP contribution in [0.4, 0.5) is 5.95 Å². The largest absolute Gasteiger partial charge is 0.493 e. The summed E-state index contributed by atoms with van der Waals surface area (Å²) in [6.07, 6.45) is 15.6. The zero-order valence-corrected chi connectivity index (χ0v) is 21.3. The summed E-state index contributed by atoms with van der Waals surface area (Å²) in [4.78, 5) is 0. The Morgan fingerprint density at radius 3 is 2.67 bits per heavy atom. The number of hydrogen-bond acceptors (Lipinski definition) is 5. The van der Waals surface area contributed by atoms with Crippen LogP contribution in [0.25, 0.3) is 5.65 Å². The molecule has 2 aromatic rings. The number of nitrogens with one attached hydrogen (secondary N) is 1. The molecule has 2 bridgehead atoms. The van der Waals surface area contributed by atoms with Crippen molar-refractivity contribution in [3.05, 3.63) is 17.8 Å². The van der Waals surface area contributed by atoms with Crippen molar-refractivity contribution in [3.63, 3.8) is 0 Å². The highest BCUT2D eigenvalue weighted by atomic mass is 32.2. The maximum absolute atomic E-state index is 11.7. The summed E-state index contributed by atoms with van der Waals surface area (Å²) in [6.45, 7) is 8.06. The predicted octanol–water partition coefficient (Wildman–Crippen LogP) is 5.52. The predicted molar refractivity (Wildman–Crippen MR) is 130 cm³/mol. The summed E-state index contributed by atoms with van der Waals surface area (Å²) in [5.74, 6) is 1.58. The van der Waals surface area contributed by atoms with Crippen molar-refractivity contribution in [1.82, 2.24) is 14.6 Å². The standard InChI is InChI=1S/C25H38N4O3S/c1-5-9-23(2)14-24(3)10-6-11-25(15-23,16-24)17-32-20-12-21-26-27-22(28-33(4,30)31)29(21)13-19(20)18-7-8-18/h12-13,18H,5-11,14-17H2,1-4H3,(H,27,28). The number of sulfonamides is 1. The molecule has 3 aliphatic rings. The van der Waals surface area contributed by atoms with Gasteiger partial charge >= 0.3 is 0 Å². The lowest BCUT2D eigenvalue weighted by Gasteiger charge is -2.57. The lowest BCUT2D eigenvalue weighted by molar-refractivity contribution is -0.0836. The molecular formula is C25H38N4O3S. The highest BCUT2D eigenvalue weighted by Gasteiger charge is 2.53. The van der Waals surface area contributed by atoms with E-state index in [1.54, 1.807) is 4.40 Å². The topological polar surface area (TPSA) is 85.6 Å². The molecule has 8 heteroatoms. The zero-order chi connectivity index (χ0) is 23.5. The van der Waals surface area contributed by atoms with Gasteiger partial charge in [0.05, 0.1) is 12.9 Å². The van der Waals surface area contributed by atoms with Crippen LogP contribution in [0.2, 0.25) is 0 Å². The van der Waals surface area contributed by atoms with Crippen molar-refractivity contribution in [1.29, 1.82) is 0 Å². The zero-order valence-electron chi connectivity index (χ0n) is 20.5. The van der Waals surface area contributed by atoms with E-state index in [-0.39, 0.29) is 11.4 Å². The second-order valence-electron chi connectivity index (χ2n) is 12.0.